The van der Waals surface area contributed by atoms with Crippen LogP contribution in [0.3, 0.4) is 0 Å². The maximum atomic E-state index is 13.0. The van der Waals surface area contributed by atoms with Crippen LogP contribution in [0.1, 0.15) is 32.6 Å². The zero-order valence-corrected chi connectivity index (χ0v) is 19.6. The summed E-state index contributed by atoms with van der Waals surface area (Å²) in [5.41, 5.74) is 3.84. The molecule has 3 rings (SSSR count). The van der Waals surface area contributed by atoms with Gasteiger partial charge in [0.1, 0.15) is 0 Å². The van der Waals surface area contributed by atoms with E-state index in [9.17, 15) is 13.2 Å². The van der Waals surface area contributed by atoms with E-state index in [4.69, 9.17) is 23.2 Å². The van der Waals surface area contributed by atoms with Crippen LogP contribution >= 0.6 is 23.2 Å². The number of carbonyl (C=O) groups is 1. The van der Waals surface area contributed by atoms with Crippen LogP contribution in [0.4, 0.5) is 5.69 Å². The lowest BCUT2D eigenvalue weighted by molar-refractivity contribution is 0.0950. The first-order chi connectivity index (χ1) is 14.5. The lowest BCUT2D eigenvalue weighted by Crippen LogP contribution is -2.24. The van der Waals surface area contributed by atoms with Crippen molar-refractivity contribution in [2.75, 3.05) is 4.72 Å². The summed E-state index contributed by atoms with van der Waals surface area (Å²) in [6.07, 6.45) is 0. The molecule has 3 aromatic carbocycles. The number of benzene rings is 3. The fourth-order valence-electron chi connectivity index (χ4n) is 3.22. The molecule has 0 spiro atoms. The molecule has 0 saturated heterocycles. The topological polar surface area (TPSA) is 75.3 Å². The molecule has 0 radical (unpaired) electrons. The van der Waals surface area contributed by atoms with Gasteiger partial charge in [-0.1, -0.05) is 41.4 Å². The first-order valence-corrected chi connectivity index (χ1v) is 11.7. The molecule has 0 fully saturated rings. The Labute approximate surface area is 192 Å². The van der Waals surface area contributed by atoms with Crippen LogP contribution in [0, 0.1) is 20.8 Å². The zero-order valence-electron chi connectivity index (χ0n) is 17.3. The van der Waals surface area contributed by atoms with Gasteiger partial charge in [0.05, 0.1) is 4.90 Å². The molecule has 1 amide bonds. The number of halogens is 2. The number of rotatable bonds is 6. The van der Waals surface area contributed by atoms with Gasteiger partial charge in [0.15, 0.2) is 0 Å². The quantitative estimate of drug-likeness (QED) is 0.482. The third-order valence-electron chi connectivity index (χ3n) is 4.67. The first-order valence-electron chi connectivity index (χ1n) is 9.49. The lowest BCUT2D eigenvalue weighted by atomic mass is 10.1. The highest BCUT2D eigenvalue weighted by Crippen LogP contribution is 2.23. The Hall–Kier alpha value is -2.54. The van der Waals surface area contributed by atoms with Gasteiger partial charge in [-0.25, -0.2) is 8.42 Å². The SMILES string of the molecule is Cc1cc(C)cc(NS(=O)(=O)c2cc(C(=O)NCc3ccc(Cl)cc3Cl)ccc2C)c1. The van der Waals surface area contributed by atoms with E-state index in [-0.39, 0.29) is 17.0 Å². The Morgan fingerprint density at radius 3 is 2.23 bits per heavy atom. The summed E-state index contributed by atoms with van der Waals surface area (Å²) in [5.74, 6) is -0.408. The second-order valence-corrected chi connectivity index (χ2v) is 9.88. The van der Waals surface area contributed by atoms with E-state index in [1.54, 1.807) is 49.4 Å². The molecule has 2 N–H and O–H groups in total. The van der Waals surface area contributed by atoms with E-state index in [1.165, 1.54) is 6.07 Å². The van der Waals surface area contributed by atoms with Crippen LogP contribution in [-0.2, 0) is 16.6 Å². The number of nitrogens with one attached hydrogen (secondary N) is 2. The molecular formula is C23H22Cl2N2O3S. The first kappa shape index (κ1) is 23.1. The number of sulfonamides is 1. The van der Waals surface area contributed by atoms with Gasteiger partial charge in [-0.05, 0) is 79.4 Å². The molecule has 0 unspecified atom stereocenters. The van der Waals surface area contributed by atoms with Crippen LogP contribution in [0.5, 0.6) is 0 Å². The van der Waals surface area contributed by atoms with Crippen molar-refractivity contribution in [1.82, 2.24) is 5.32 Å². The summed E-state index contributed by atoms with van der Waals surface area (Å²) in [5, 5.41) is 3.70. The molecule has 0 aromatic heterocycles. The van der Waals surface area contributed by atoms with Gasteiger partial charge in [-0.2, -0.15) is 0 Å². The highest BCUT2D eigenvalue weighted by atomic mass is 35.5. The molecule has 0 aliphatic heterocycles. The smallest absolute Gasteiger partial charge is 0.262 e. The molecule has 0 saturated carbocycles. The summed E-state index contributed by atoms with van der Waals surface area (Å²) in [4.78, 5) is 12.7. The Morgan fingerprint density at radius 1 is 0.903 bits per heavy atom. The van der Waals surface area contributed by atoms with Gasteiger partial charge in [-0.3, -0.25) is 9.52 Å². The van der Waals surface area contributed by atoms with E-state index in [1.807, 2.05) is 19.9 Å². The van der Waals surface area contributed by atoms with Crippen LogP contribution < -0.4 is 10.0 Å². The van der Waals surface area contributed by atoms with Gasteiger partial charge in [0, 0.05) is 27.8 Å². The average molecular weight is 477 g/mol. The Morgan fingerprint density at radius 2 is 1.58 bits per heavy atom. The summed E-state index contributed by atoms with van der Waals surface area (Å²) in [7, 11) is -3.88. The minimum Gasteiger partial charge on any atom is -0.348 e. The van der Waals surface area contributed by atoms with E-state index >= 15 is 0 Å². The highest BCUT2D eigenvalue weighted by molar-refractivity contribution is 7.92. The summed E-state index contributed by atoms with van der Waals surface area (Å²) >= 11 is 12.0. The number of amides is 1. The molecule has 3 aromatic rings. The fourth-order valence-corrected chi connectivity index (χ4v) is 5.00. The molecule has 0 aliphatic rings. The van der Waals surface area contributed by atoms with Gasteiger partial charge in [0.25, 0.3) is 15.9 Å². The van der Waals surface area contributed by atoms with Crippen molar-refractivity contribution in [2.24, 2.45) is 0 Å². The molecule has 0 aliphatic carbocycles. The van der Waals surface area contributed by atoms with E-state index in [0.717, 1.165) is 11.1 Å². The van der Waals surface area contributed by atoms with Crippen LogP contribution in [-0.4, -0.2) is 14.3 Å². The molecular weight excluding hydrogens is 455 g/mol. The van der Waals surface area contributed by atoms with Crippen molar-refractivity contribution < 1.29 is 13.2 Å². The second-order valence-electron chi connectivity index (χ2n) is 7.38. The molecule has 0 atom stereocenters. The van der Waals surface area contributed by atoms with E-state index in [0.29, 0.717) is 26.9 Å². The van der Waals surface area contributed by atoms with E-state index < -0.39 is 15.9 Å². The number of carbonyl (C=O) groups excluding carboxylic acids is 1. The van der Waals surface area contributed by atoms with Crippen molar-refractivity contribution in [2.45, 2.75) is 32.2 Å². The van der Waals surface area contributed by atoms with Gasteiger partial charge < -0.3 is 5.32 Å². The van der Waals surface area contributed by atoms with Crippen molar-refractivity contribution in [3.05, 3.63) is 92.5 Å². The van der Waals surface area contributed by atoms with Crippen LogP contribution in [0.15, 0.2) is 59.5 Å². The Bertz CT molecular complexity index is 1240. The molecule has 31 heavy (non-hydrogen) atoms. The number of aryl methyl sites for hydroxylation is 3. The lowest BCUT2D eigenvalue weighted by Gasteiger charge is -2.13. The van der Waals surface area contributed by atoms with Gasteiger partial charge >= 0.3 is 0 Å². The van der Waals surface area contributed by atoms with Gasteiger partial charge in [-0.15, -0.1) is 0 Å². The van der Waals surface area contributed by atoms with Crippen molar-refractivity contribution in [3.8, 4) is 0 Å². The monoisotopic (exact) mass is 476 g/mol. The average Bonchev–Trinajstić information content (AvgIpc) is 2.66. The largest absolute Gasteiger partial charge is 0.348 e. The maximum absolute atomic E-state index is 13.0. The second kappa shape index (κ2) is 9.30. The zero-order chi connectivity index (χ0) is 22.8. The van der Waals surface area contributed by atoms with Crippen LogP contribution in [0.25, 0.3) is 0 Å². The number of hydrogen-bond donors (Lipinski definition) is 2. The Kier molecular flexibility index (Phi) is 6.94. The molecule has 8 heteroatoms. The standard InChI is InChI=1S/C23H22Cl2N2O3S/c1-14-8-15(2)10-20(9-14)27-31(29,30)22-11-17(5-4-16(22)3)23(28)26-13-18-6-7-19(24)12-21(18)25/h4-12,27H,13H2,1-3H3,(H,26,28). The molecule has 162 valence electrons. The summed E-state index contributed by atoms with van der Waals surface area (Å²) < 4.78 is 28.6. The molecule has 0 heterocycles. The third-order valence-corrected chi connectivity index (χ3v) is 6.78. The number of anilines is 1. The van der Waals surface area contributed by atoms with Gasteiger partial charge in [0.2, 0.25) is 0 Å². The van der Waals surface area contributed by atoms with E-state index in [2.05, 4.69) is 10.0 Å². The normalized spacial score (nSPS) is 11.3. The Balaban J connectivity index is 1.82. The van der Waals surface area contributed by atoms with Crippen molar-refractivity contribution in [1.29, 1.82) is 0 Å². The predicted molar refractivity (Wildman–Crippen MR) is 126 cm³/mol. The van der Waals surface area contributed by atoms with Crippen molar-refractivity contribution >= 4 is 44.8 Å². The fraction of sp³-hybridized carbons (Fsp3) is 0.174. The molecule has 0 bridgehead atoms. The predicted octanol–water partition coefficient (Wildman–Crippen LogP) is 5.65. The summed E-state index contributed by atoms with van der Waals surface area (Å²) in [6.45, 7) is 5.67. The molecule has 5 nitrogen and oxygen atoms in total. The third kappa shape index (κ3) is 5.79. The minimum absolute atomic E-state index is 0.0452. The highest BCUT2D eigenvalue weighted by Gasteiger charge is 2.20. The van der Waals surface area contributed by atoms with Crippen LogP contribution in [0.2, 0.25) is 10.0 Å². The number of hydrogen-bond acceptors (Lipinski definition) is 3. The van der Waals surface area contributed by atoms with Crippen molar-refractivity contribution in [3.63, 3.8) is 0 Å². The minimum atomic E-state index is -3.88. The maximum Gasteiger partial charge on any atom is 0.262 e. The summed E-state index contributed by atoms with van der Waals surface area (Å²) in [6, 6.07) is 15.1.